The lowest BCUT2D eigenvalue weighted by Crippen LogP contribution is -2.60. The van der Waals surface area contributed by atoms with E-state index in [2.05, 4.69) is 31.3 Å². The molecule has 44 heavy (non-hydrogen) atoms. The van der Waals surface area contributed by atoms with Gasteiger partial charge in [-0.2, -0.15) is 0 Å². The molecule has 1 heterocycles. The zero-order valence-corrected chi connectivity index (χ0v) is 27.9. The number of rotatable bonds is 28. The summed E-state index contributed by atoms with van der Waals surface area (Å²) in [7, 11) is 0. The number of hydrogen-bond acceptors (Lipinski definition) is 8. The zero-order valence-electron chi connectivity index (χ0n) is 27.9. The van der Waals surface area contributed by atoms with E-state index in [4.69, 9.17) is 9.47 Å². The Morgan fingerprint density at radius 3 is 1.84 bits per heavy atom. The molecule has 0 spiro atoms. The fraction of sp³-hybridized carbons (Fsp3) is 0.914. The molecule has 9 nitrogen and oxygen atoms in total. The molecule has 1 amide bonds. The van der Waals surface area contributed by atoms with E-state index in [1.165, 1.54) is 77.0 Å². The predicted molar refractivity (Wildman–Crippen MR) is 175 cm³/mol. The number of carbonyl (C=O) groups is 1. The number of aliphatic hydroxyl groups excluding tert-OH is 5. The van der Waals surface area contributed by atoms with Crippen molar-refractivity contribution in [2.45, 2.75) is 192 Å². The molecule has 1 rings (SSSR count). The number of hydrogen-bond donors (Lipinski definition) is 6. The number of aliphatic hydroxyl groups is 5. The van der Waals surface area contributed by atoms with Crippen molar-refractivity contribution in [3.8, 4) is 0 Å². The maximum Gasteiger partial charge on any atom is 0.220 e. The van der Waals surface area contributed by atoms with Crippen LogP contribution < -0.4 is 5.32 Å². The Morgan fingerprint density at radius 2 is 1.27 bits per heavy atom. The second kappa shape index (κ2) is 27.1. The monoisotopic (exact) mass is 629 g/mol. The van der Waals surface area contributed by atoms with Gasteiger partial charge in [0.1, 0.15) is 24.4 Å². The van der Waals surface area contributed by atoms with Crippen molar-refractivity contribution in [3.05, 3.63) is 12.2 Å². The van der Waals surface area contributed by atoms with Crippen LogP contribution in [0.3, 0.4) is 0 Å². The van der Waals surface area contributed by atoms with Crippen molar-refractivity contribution in [2.75, 3.05) is 13.2 Å². The second-order valence-corrected chi connectivity index (χ2v) is 12.7. The van der Waals surface area contributed by atoms with Crippen LogP contribution in [0.2, 0.25) is 0 Å². The third-order valence-corrected chi connectivity index (χ3v) is 8.62. The molecule has 0 radical (unpaired) electrons. The van der Waals surface area contributed by atoms with E-state index in [9.17, 15) is 30.3 Å². The van der Waals surface area contributed by atoms with E-state index in [1.54, 1.807) is 0 Å². The van der Waals surface area contributed by atoms with Crippen molar-refractivity contribution < 1.29 is 39.8 Å². The molecular weight excluding hydrogens is 562 g/mol. The zero-order chi connectivity index (χ0) is 32.4. The molecule has 1 aliphatic heterocycles. The van der Waals surface area contributed by atoms with Gasteiger partial charge in [-0.25, -0.2) is 0 Å². The van der Waals surface area contributed by atoms with Crippen LogP contribution in [0.25, 0.3) is 0 Å². The Labute approximate surface area is 267 Å². The normalized spacial score (nSPS) is 23.7. The number of ether oxygens (including phenoxy) is 2. The number of nitrogens with one attached hydrogen (secondary N) is 1. The SMILES string of the molecule is CCCCCCC/C=C/CCCC[C@@H](O)[C@H](CO[C@@H]1O[C@H](CO)[C@@H](O)C(O)C1O)NC(=O)CCCCCCCCCCCC. The summed E-state index contributed by atoms with van der Waals surface area (Å²) in [5.41, 5.74) is 0. The van der Waals surface area contributed by atoms with Gasteiger partial charge < -0.3 is 40.3 Å². The molecule has 2 unspecified atom stereocenters. The Balaban J connectivity index is 2.49. The Morgan fingerprint density at radius 1 is 0.750 bits per heavy atom. The number of amides is 1. The van der Waals surface area contributed by atoms with Gasteiger partial charge in [0.05, 0.1) is 25.4 Å². The largest absolute Gasteiger partial charge is 0.394 e. The molecule has 1 fully saturated rings. The van der Waals surface area contributed by atoms with Crippen molar-refractivity contribution in [1.29, 1.82) is 0 Å². The number of allylic oxidation sites excluding steroid dienone is 2. The van der Waals surface area contributed by atoms with E-state index >= 15 is 0 Å². The maximum absolute atomic E-state index is 12.8. The van der Waals surface area contributed by atoms with E-state index < -0.39 is 49.5 Å². The summed E-state index contributed by atoms with van der Waals surface area (Å²) >= 11 is 0. The molecule has 0 aromatic heterocycles. The Bertz CT molecular complexity index is 706. The summed E-state index contributed by atoms with van der Waals surface area (Å²) in [5.74, 6) is -0.159. The van der Waals surface area contributed by atoms with E-state index in [0.29, 0.717) is 12.8 Å². The predicted octanol–water partition coefficient (Wildman–Crippen LogP) is 5.44. The van der Waals surface area contributed by atoms with Crippen LogP contribution in [-0.2, 0) is 14.3 Å². The van der Waals surface area contributed by atoms with E-state index in [0.717, 1.165) is 44.9 Å². The summed E-state index contributed by atoms with van der Waals surface area (Å²) in [4.78, 5) is 12.8. The average Bonchev–Trinajstić information content (AvgIpc) is 3.02. The van der Waals surface area contributed by atoms with Crippen LogP contribution in [0.15, 0.2) is 12.2 Å². The highest BCUT2D eigenvalue weighted by Crippen LogP contribution is 2.22. The molecule has 6 N–H and O–H groups in total. The standard InChI is InChI=1S/C35H67NO8/c1-3-5-7-9-11-13-15-16-18-20-22-24-29(38)28(27-43-35-34(42)33(41)32(40)30(26-37)44-35)36-31(39)25-23-21-19-17-14-12-10-8-6-4-2/h15-16,28-30,32-35,37-38,40-42H,3-14,17-27H2,1-2H3,(H,36,39)/b16-15+/t28-,29+,30+,32+,33?,34?,35+/m0/s1. The summed E-state index contributed by atoms with van der Waals surface area (Å²) in [6.45, 7) is 3.74. The minimum Gasteiger partial charge on any atom is -0.394 e. The van der Waals surface area contributed by atoms with Crippen LogP contribution in [0.5, 0.6) is 0 Å². The highest BCUT2D eigenvalue weighted by molar-refractivity contribution is 5.76. The second-order valence-electron chi connectivity index (χ2n) is 12.7. The van der Waals surface area contributed by atoms with Crippen molar-refractivity contribution in [1.82, 2.24) is 5.32 Å². The average molecular weight is 630 g/mol. The molecule has 1 aliphatic rings. The highest BCUT2D eigenvalue weighted by atomic mass is 16.7. The van der Waals surface area contributed by atoms with Gasteiger partial charge >= 0.3 is 0 Å². The van der Waals surface area contributed by atoms with Gasteiger partial charge in [0.15, 0.2) is 6.29 Å². The summed E-state index contributed by atoms with van der Waals surface area (Å²) in [6.07, 6.45) is 19.4. The summed E-state index contributed by atoms with van der Waals surface area (Å²) in [6, 6.07) is -0.725. The highest BCUT2D eigenvalue weighted by Gasteiger charge is 2.44. The van der Waals surface area contributed by atoms with Crippen LogP contribution in [0.4, 0.5) is 0 Å². The lowest BCUT2D eigenvalue weighted by molar-refractivity contribution is -0.302. The number of unbranched alkanes of at least 4 members (excludes halogenated alkanes) is 16. The fourth-order valence-corrected chi connectivity index (χ4v) is 5.62. The van der Waals surface area contributed by atoms with Gasteiger partial charge in [-0.05, 0) is 38.5 Å². The van der Waals surface area contributed by atoms with Gasteiger partial charge in [-0.3, -0.25) is 4.79 Å². The number of carbonyl (C=O) groups excluding carboxylic acids is 1. The first kappa shape index (κ1) is 41.0. The van der Waals surface area contributed by atoms with E-state index in [1.807, 2.05) is 0 Å². The molecular formula is C35H67NO8. The van der Waals surface area contributed by atoms with Crippen molar-refractivity contribution >= 4 is 5.91 Å². The maximum atomic E-state index is 12.8. The van der Waals surface area contributed by atoms with Gasteiger partial charge in [0.2, 0.25) is 5.91 Å². The molecule has 260 valence electrons. The van der Waals surface area contributed by atoms with Crippen LogP contribution >= 0.6 is 0 Å². The summed E-state index contributed by atoms with van der Waals surface area (Å²) < 4.78 is 11.1. The first-order valence-electron chi connectivity index (χ1n) is 17.9. The molecule has 9 heteroatoms. The van der Waals surface area contributed by atoms with Crippen LogP contribution in [0, 0.1) is 0 Å². The Kier molecular flexibility index (Phi) is 25.2. The third kappa shape index (κ3) is 18.8. The van der Waals surface area contributed by atoms with Gasteiger partial charge in [-0.15, -0.1) is 0 Å². The van der Waals surface area contributed by atoms with Crippen LogP contribution in [-0.4, -0.2) is 87.5 Å². The molecule has 0 aromatic carbocycles. The van der Waals surface area contributed by atoms with Crippen molar-refractivity contribution in [2.24, 2.45) is 0 Å². The fourth-order valence-electron chi connectivity index (χ4n) is 5.62. The molecule has 0 bridgehead atoms. The summed E-state index contributed by atoms with van der Waals surface area (Å²) in [5, 5.41) is 53.8. The third-order valence-electron chi connectivity index (χ3n) is 8.62. The topological polar surface area (TPSA) is 149 Å². The smallest absolute Gasteiger partial charge is 0.220 e. The Hall–Kier alpha value is -1.07. The van der Waals surface area contributed by atoms with Crippen molar-refractivity contribution in [3.63, 3.8) is 0 Å². The molecule has 0 saturated carbocycles. The molecule has 0 aromatic rings. The first-order chi connectivity index (χ1) is 21.3. The van der Waals surface area contributed by atoms with Crippen LogP contribution in [0.1, 0.15) is 149 Å². The molecule has 7 atom stereocenters. The lowest BCUT2D eigenvalue weighted by Gasteiger charge is -2.40. The molecule has 1 saturated heterocycles. The van der Waals surface area contributed by atoms with Gasteiger partial charge in [0, 0.05) is 6.42 Å². The first-order valence-corrected chi connectivity index (χ1v) is 17.9. The minimum atomic E-state index is -1.55. The van der Waals surface area contributed by atoms with E-state index in [-0.39, 0.29) is 12.5 Å². The van der Waals surface area contributed by atoms with Gasteiger partial charge in [-0.1, -0.05) is 116 Å². The molecule has 0 aliphatic carbocycles. The van der Waals surface area contributed by atoms with Gasteiger partial charge in [0.25, 0.3) is 0 Å². The quantitative estimate of drug-likeness (QED) is 0.0495. The minimum absolute atomic E-state index is 0.147. The lowest BCUT2D eigenvalue weighted by atomic mass is 9.99.